The molecule has 1 heterocycles. The summed E-state index contributed by atoms with van der Waals surface area (Å²) in [6.45, 7) is 4.41. The van der Waals surface area contributed by atoms with Crippen molar-refractivity contribution >= 4 is 27.3 Å². The van der Waals surface area contributed by atoms with Gasteiger partial charge in [-0.2, -0.15) is 0 Å². The molecule has 1 unspecified atom stereocenters. The molecule has 0 spiro atoms. The fourth-order valence-electron chi connectivity index (χ4n) is 1.57. The number of hydrogen-bond acceptors (Lipinski definition) is 1. The predicted molar refractivity (Wildman–Crippen MR) is 58.2 cm³/mol. The van der Waals surface area contributed by atoms with Crippen LogP contribution in [0.25, 0.3) is 0 Å². The fourth-order valence-corrected chi connectivity index (χ4v) is 3.70. The average Bonchev–Trinajstić information content (AvgIpc) is 2.77. The lowest BCUT2D eigenvalue weighted by atomic mass is 10.1. The molecule has 1 aromatic heterocycles. The molecule has 66 valence electrons. The molecular formula is C10H13BrS. The largest absolute Gasteiger partial charge is 0.146 e. The summed E-state index contributed by atoms with van der Waals surface area (Å²) in [7, 11) is 0. The highest BCUT2D eigenvalue weighted by Crippen LogP contribution is 2.48. The summed E-state index contributed by atoms with van der Waals surface area (Å²) in [5, 5.41) is 0. The maximum Gasteiger partial charge on any atom is 0.0434 e. The highest BCUT2D eigenvalue weighted by Gasteiger charge is 2.31. The van der Waals surface area contributed by atoms with Crippen LogP contribution in [0, 0.1) is 19.8 Å². The molecule has 0 saturated heterocycles. The topological polar surface area (TPSA) is 0 Å². The van der Waals surface area contributed by atoms with Gasteiger partial charge < -0.3 is 0 Å². The van der Waals surface area contributed by atoms with Crippen LogP contribution in [0.2, 0.25) is 0 Å². The van der Waals surface area contributed by atoms with Crippen LogP contribution < -0.4 is 0 Å². The fraction of sp³-hybridized carbons (Fsp3) is 0.600. The molecule has 2 heteroatoms. The molecule has 0 nitrogen and oxygen atoms in total. The minimum Gasteiger partial charge on any atom is -0.146 e. The summed E-state index contributed by atoms with van der Waals surface area (Å²) in [6, 6.07) is 2.33. The molecule has 0 radical (unpaired) electrons. The van der Waals surface area contributed by atoms with Crippen LogP contribution in [0.15, 0.2) is 6.07 Å². The monoisotopic (exact) mass is 244 g/mol. The van der Waals surface area contributed by atoms with Gasteiger partial charge in [-0.3, -0.25) is 0 Å². The number of alkyl halides is 1. The third kappa shape index (κ3) is 1.60. The van der Waals surface area contributed by atoms with Crippen LogP contribution in [0.4, 0.5) is 0 Å². The molecule has 12 heavy (non-hydrogen) atoms. The SMILES string of the molecule is Cc1cc(C(Br)C2CC2)c(C)s1. The molecule has 0 aromatic carbocycles. The van der Waals surface area contributed by atoms with Gasteiger partial charge in [0.2, 0.25) is 0 Å². The Morgan fingerprint density at radius 1 is 1.50 bits per heavy atom. The van der Waals surface area contributed by atoms with Crippen LogP contribution >= 0.6 is 27.3 Å². The maximum atomic E-state index is 3.78. The van der Waals surface area contributed by atoms with Crippen LogP contribution in [0.3, 0.4) is 0 Å². The first kappa shape index (κ1) is 8.76. The molecular weight excluding hydrogens is 232 g/mol. The predicted octanol–water partition coefficient (Wildman–Crippen LogP) is 4.21. The zero-order chi connectivity index (χ0) is 8.72. The lowest BCUT2D eigenvalue weighted by Crippen LogP contribution is -1.90. The van der Waals surface area contributed by atoms with Gasteiger partial charge in [-0.25, -0.2) is 0 Å². The molecule has 1 atom stereocenters. The average molecular weight is 245 g/mol. The Morgan fingerprint density at radius 2 is 2.17 bits per heavy atom. The van der Waals surface area contributed by atoms with Crippen LogP contribution in [0.1, 0.15) is 33.0 Å². The summed E-state index contributed by atoms with van der Waals surface area (Å²) in [5.41, 5.74) is 1.53. The van der Waals surface area contributed by atoms with Crippen molar-refractivity contribution in [3.05, 3.63) is 21.4 Å². The summed E-state index contributed by atoms with van der Waals surface area (Å²) in [6.07, 6.45) is 2.81. The van der Waals surface area contributed by atoms with Crippen molar-refractivity contribution in [3.63, 3.8) is 0 Å². The summed E-state index contributed by atoms with van der Waals surface area (Å²) in [4.78, 5) is 3.55. The van der Waals surface area contributed by atoms with Gasteiger partial charge in [0.25, 0.3) is 0 Å². The van der Waals surface area contributed by atoms with Gasteiger partial charge in [0.15, 0.2) is 0 Å². The first-order chi connectivity index (χ1) is 5.68. The van der Waals surface area contributed by atoms with Crippen molar-refractivity contribution in [1.82, 2.24) is 0 Å². The lowest BCUT2D eigenvalue weighted by molar-refractivity contribution is 0.821. The summed E-state index contributed by atoms with van der Waals surface area (Å²) >= 11 is 5.70. The molecule has 1 fully saturated rings. The quantitative estimate of drug-likeness (QED) is 0.684. The minimum absolute atomic E-state index is 0.627. The maximum absolute atomic E-state index is 3.78. The zero-order valence-electron chi connectivity index (χ0n) is 7.43. The van der Waals surface area contributed by atoms with E-state index in [0.717, 1.165) is 5.92 Å². The Kier molecular flexibility index (Phi) is 2.30. The van der Waals surface area contributed by atoms with E-state index in [-0.39, 0.29) is 0 Å². The molecule has 1 aromatic rings. The third-order valence-corrected chi connectivity index (χ3v) is 4.63. The smallest absolute Gasteiger partial charge is 0.0434 e. The van der Waals surface area contributed by atoms with E-state index < -0.39 is 0 Å². The second kappa shape index (κ2) is 3.15. The van der Waals surface area contributed by atoms with Gasteiger partial charge in [0.05, 0.1) is 0 Å². The van der Waals surface area contributed by atoms with Crippen molar-refractivity contribution in [1.29, 1.82) is 0 Å². The second-order valence-corrected chi connectivity index (χ2v) is 6.05. The van der Waals surface area contributed by atoms with Crippen LogP contribution in [-0.4, -0.2) is 0 Å². The van der Waals surface area contributed by atoms with Gasteiger partial charge >= 0.3 is 0 Å². The van der Waals surface area contributed by atoms with Crippen LogP contribution in [0.5, 0.6) is 0 Å². The van der Waals surface area contributed by atoms with Crippen LogP contribution in [-0.2, 0) is 0 Å². The molecule has 0 aliphatic heterocycles. The van der Waals surface area contributed by atoms with Crippen molar-refractivity contribution in [2.75, 3.05) is 0 Å². The Hall–Kier alpha value is 0.180. The van der Waals surface area contributed by atoms with Gasteiger partial charge in [0, 0.05) is 14.6 Å². The van der Waals surface area contributed by atoms with E-state index in [1.165, 1.54) is 28.2 Å². The molecule has 0 amide bonds. The summed E-state index contributed by atoms with van der Waals surface area (Å²) < 4.78 is 0. The van der Waals surface area contributed by atoms with Gasteiger partial charge in [-0.15, -0.1) is 11.3 Å². The number of halogens is 1. The standard InChI is InChI=1S/C10H13BrS/c1-6-5-9(7(2)12-6)10(11)8-3-4-8/h5,8,10H,3-4H2,1-2H3. The van der Waals surface area contributed by atoms with Gasteiger partial charge in [-0.1, -0.05) is 15.9 Å². The van der Waals surface area contributed by atoms with Gasteiger partial charge in [-0.05, 0) is 44.2 Å². The van der Waals surface area contributed by atoms with E-state index in [0.29, 0.717) is 4.83 Å². The molecule has 1 saturated carbocycles. The van der Waals surface area contributed by atoms with E-state index >= 15 is 0 Å². The van der Waals surface area contributed by atoms with E-state index in [1.807, 2.05) is 11.3 Å². The molecule has 0 bridgehead atoms. The van der Waals surface area contributed by atoms with E-state index in [1.54, 1.807) is 0 Å². The second-order valence-electron chi connectivity index (χ2n) is 3.61. The molecule has 2 rings (SSSR count). The third-order valence-electron chi connectivity index (χ3n) is 2.41. The van der Waals surface area contributed by atoms with Gasteiger partial charge in [0.1, 0.15) is 0 Å². The van der Waals surface area contributed by atoms with E-state index in [2.05, 4.69) is 35.8 Å². The Bertz CT molecular complexity index is 286. The number of hydrogen-bond donors (Lipinski definition) is 0. The van der Waals surface area contributed by atoms with Crippen molar-refractivity contribution in [2.45, 2.75) is 31.5 Å². The number of thiophene rings is 1. The van der Waals surface area contributed by atoms with Crippen molar-refractivity contribution < 1.29 is 0 Å². The Labute approximate surface area is 86.1 Å². The normalized spacial score (nSPS) is 19.6. The molecule has 1 aliphatic rings. The Balaban J connectivity index is 2.25. The van der Waals surface area contributed by atoms with Crippen molar-refractivity contribution in [3.8, 4) is 0 Å². The van der Waals surface area contributed by atoms with Crippen molar-refractivity contribution in [2.24, 2.45) is 5.92 Å². The first-order valence-corrected chi connectivity index (χ1v) is 6.12. The highest BCUT2D eigenvalue weighted by atomic mass is 79.9. The molecule has 0 N–H and O–H groups in total. The lowest BCUT2D eigenvalue weighted by Gasteiger charge is -2.06. The number of rotatable bonds is 2. The minimum atomic E-state index is 0.627. The van der Waals surface area contributed by atoms with E-state index in [4.69, 9.17) is 0 Å². The molecule has 1 aliphatic carbocycles. The summed E-state index contributed by atoms with van der Waals surface area (Å²) in [5.74, 6) is 0.915. The Morgan fingerprint density at radius 3 is 2.58 bits per heavy atom. The zero-order valence-corrected chi connectivity index (χ0v) is 9.83. The number of aryl methyl sites for hydroxylation is 2. The highest BCUT2D eigenvalue weighted by molar-refractivity contribution is 9.09. The van der Waals surface area contributed by atoms with E-state index in [9.17, 15) is 0 Å². The first-order valence-electron chi connectivity index (χ1n) is 4.39.